The Morgan fingerprint density at radius 1 is 1.16 bits per heavy atom. The minimum absolute atomic E-state index is 0.104. The average Bonchev–Trinajstić information content (AvgIpc) is 2.37. The third kappa shape index (κ3) is 6.13. The van der Waals surface area contributed by atoms with Crippen LogP contribution in [0, 0.1) is 0 Å². The number of urea groups is 1. The van der Waals surface area contributed by atoms with Gasteiger partial charge in [0.25, 0.3) is 0 Å². The van der Waals surface area contributed by atoms with Gasteiger partial charge in [-0.25, -0.2) is 4.79 Å². The van der Waals surface area contributed by atoms with Gasteiger partial charge in [-0.3, -0.25) is 0 Å². The monoisotopic (exact) mass is 264 g/mol. The summed E-state index contributed by atoms with van der Waals surface area (Å²) in [5.41, 5.74) is 1.16. The number of benzene rings is 1. The molecule has 0 spiro atoms. The first-order valence-corrected chi connectivity index (χ1v) is 6.86. The van der Waals surface area contributed by atoms with Crippen LogP contribution in [0.4, 0.5) is 4.79 Å². The lowest BCUT2D eigenvalue weighted by molar-refractivity contribution is 0.233. The maximum absolute atomic E-state index is 11.6. The first-order chi connectivity index (χ1) is 9.01. The summed E-state index contributed by atoms with van der Waals surface area (Å²) in [6.07, 6.45) is 2.68. The number of rotatable bonds is 6. The van der Waals surface area contributed by atoms with Crippen LogP contribution in [0.3, 0.4) is 0 Å². The first kappa shape index (κ1) is 15.3. The van der Waals surface area contributed by atoms with Crippen LogP contribution in [0.5, 0.6) is 5.75 Å². The van der Waals surface area contributed by atoms with E-state index in [-0.39, 0.29) is 23.9 Å². The van der Waals surface area contributed by atoms with E-state index in [1.165, 1.54) is 0 Å². The van der Waals surface area contributed by atoms with E-state index in [0.717, 1.165) is 24.8 Å². The van der Waals surface area contributed by atoms with Gasteiger partial charge in [0.2, 0.25) is 0 Å². The number of phenolic OH excluding ortho intramolecular Hbond substituents is 1. The zero-order valence-electron chi connectivity index (χ0n) is 11.9. The van der Waals surface area contributed by atoms with E-state index in [1.807, 2.05) is 32.9 Å². The molecular formula is C15H24N2O2. The fourth-order valence-corrected chi connectivity index (χ4v) is 1.71. The molecule has 106 valence electrons. The Hall–Kier alpha value is -1.71. The Labute approximate surface area is 115 Å². The molecule has 2 unspecified atom stereocenters. The third-order valence-corrected chi connectivity index (χ3v) is 3.17. The molecule has 4 heteroatoms. The van der Waals surface area contributed by atoms with Crippen LogP contribution in [0.25, 0.3) is 0 Å². The van der Waals surface area contributed by atoms with E-state index in [1.54, 1.807) is 12.1 Å². The highest BCUT2D eigenvalue weighted by molar-refractivity contribution is 5.74. The summed E-state index contributed by atoms with van der Waals surface area (Å²) < 4.78 is 0. The zero-order chi connectivity index (χ0) is 14.3. The number of carbonyl (C=O) groups is 1. The van der Waals surface area contributed by atoms with Gasteiger partial charge in [-0.2, -0.15) is 0 Å². The van der Waals surface area contributed by atoms with E-state index in [0.29, 0.717) is 0 Å². The topological polar surface area (TPSA) is 61.4 Å². The zero-order valence-corrected chi connectivity index (χ0v) is 11.9. The Balaban J connectivity index is 2.29. The summed E-state index contributed by atoms with van der Waals surface area (Å²) >= 11 is 0. The maximum atomic E-state index is 11.6. The van der Waals surface area contributed by atoms with Gasteiger partial charge in [-0.1, -0.05) is 19.1 Å². The highest BCUT2D eigenvalue weighted by atomic mass is 16.3. The predicted octanol–water partition coefficient (Wildman–Crippen LogP) is 2.81. The molecule has 0 aliphatic rings. The van der Waals surface area contributed by atoms with Gasteiger partial charge in [0.1, 0.15) is 5.75 Å². The molecule has 0 bridgehead atoms. The second kappa shape index (κ2) is 7.67. The lowest BCUT2D eigenvalue weighted by Gasteiger charge is -2.17. The van der Waals surface area contributed by atoms with Gasteiger partial charge in [-0.05, 0) is 50.8 Å². The Kier molecular flexibility index (Phi) is 6.19. The molecule has 2 amide bonds. The quantitative estimate of drug-likeness (QED) is 0.740. The van der Waals surface area contributed by atoms with E-state index >= 15 is 0 Å². The van der Waals surface area contributed by atoms with Gasteiger partial charge in [0.15, 0.2) is 0 Å². The number of carbonyl (C=O) groups excluding carboxylic acids is 1. The van der Waals surface area contributed by atoms with Crippen molar-refractivity contribution < 1.29 is 9.90 Å². The lowest BCUT2D eigenvalue weighted by Crippen LogP contribution is -2.44. The van der Waals surface area contributed by atoms with Crippen LogP contribution in [0.15, 0.2) is 24.3 Å². The molecule has 19 heavy (non-hydrogen) atoms. The van der Waals surface area contributed by atoms with Crippen LogP contribution in [0.1, 0.15) is 39.2 Å². The number of amides is 2. The third-order valence-electron chi connectivity index (χ3n) is 3.17. The maximum Gasteiger partial charge on any atom is 0.315 e. The summed E-state index contributed by atoms with van der Waals surface area (Å²) in [7, 11) is 0. The molecule has 0 aromatic heterocycles. The molecule has 0 fully saturated rings. The van der Waals surface area contributed by atoms with Crippen LogP contribution < -0.4 is 10.6 Å². The molecule has 0 saturated heterocycles. The molecule has 0 aliphatic carbocycles. The molecule has 4 nitrogen and oxygen atoms in total. The van der Waals surface area contributed by atoms with E-state index in [4.69, 9.17) is 0 Å². The van der Waals surface area contributed by atoms with E-state index in [2.05, 4.69) is 10.6 Å². The van der Waals surface area contributed by atoms with Crippen molar-refractivity contribution in [3.8, 4) is 5.75 Å². The Morgan fingerprint density at radius 2 is 1.74 bits per heavy atom. The number of hydrogen-bond acceptors (Lipinski definition) is 2. The fraction of sp³-hybridized carbons (Fsp3) is 0.533. The lowest BCUT2D eigenvalue weighted by atomic mass is 10.1. The standard InChI is InChI=1S/C15H24N2O2/c1-4-11(2)16-15(19)17-12(3)5-6-13-7-9-14(18)10-8-13/h7-12,18H,4-6H2,1-3H3,(H2,16,17,19). The van der Waals surface area contributed by atoms with Crippen molar-refractivity contribution in [1.82, 2.24) is 10.6 Å². The molecule has 0 heterocycles. The molecule has 0 saturated carbocycles. The Morgan fingerprint density at radius 3 is 2.32 bits per heavy atom. The number of aromatic hydroxyl groups is 1. The molecule has 0 aliphatic heterocycles. The van der Waals surface area contributed by atoms with Crippen molar-refractivity contribution in [2.24, 2.45) is 0 Å². The summed E-state index contributed by atoms with van der Waals surface area (Å²) in [5.74, 6) is 0.280. The van der Waals surface area contributed by atoms with Gasteiger partial charge in [0, 0.05) is 12.1 Å². The van der Waals surface area contributed by atoms with Gasteiger partial charge < -0.3 is 15.7 Å². The van der Waals surface area contributed by atoms with Gasteiger partial charge >= 0.3 is 6.03 Å². The summed E-state index contributed by atoms with van der Waals surface area (Å²) in [5, 5.41) is 15.0. The first-order valence-electron chi connectivity index (χ1n) is 6.86. The summed E-state index contributed by atoms with van der Waals surface area (Å²) in [4.78, 5) is 11.6. The summed E-state index contributed by atoms with van der Waals surface area (Å²) in [6, 6.07) is 7.39. The minimum atomic E-state index is -0.104. The molecule has 3 N–H and O–H groups in total. The van der Waals surface area contributed by atoms with Crippen LogP contribution >= 0.6 is 0 Å². The van der Waals surface area contributed by atoms with E-state index < -0.39 is 0 Å². The molecular weight excluding hydrogens is 240 g/mol. The van der Waals surface area contributed by atoms with Crippen LogP contribution in [-0.4, -0.2) is 23.2 Å². The largest absolute Gasteiger partial charge is 0.508 e. The molecule has 1 rings (SSSR count). The number of phenols is 1. The van der Waals surface area contributed by atoms with E-state index in [9.17, 15) is 9.90 Å². The van der Waals surface area contributed by atoms with Gasteiger partial charge in [-0.15, -0.1) is 0 Å². The molecule has 0 radical (unpaired) electrons. The van der Waals surface area contributed by atoms with Crippen LogP contribution in [-0.2, 0) is 6.42 Å². The normalized spacial score (nSPS) is 13.6. The fourth-order valence-electron chi connectivity index (χ4n) is 1.71. The highest BCUT2D eigenvalue weighted by Crippen LogP contribution is 2.11. The summed E-state index contributed by atoms with van der Waals surface area (Å²) in [6.45, 7) is 6.02. The second-order valence-corrected chi connectivity index (χ2v) is 5.03. The molecule has 1 aromatic rings. The minimum Gasteiger partial charge on any atom is -0.508 e. The molecule has 2 atom stereocenters. The number of hydrogen-bond donors (Lipinski definition) is 3. The van der Waals surface area contributed by atoms with Crippen molar-refractivity contribution in [2.75, 3.05) is 0 Å². The van der Waals surface area contributed by atoms with Crippen molar-refractivity contribution in [2.45, 2.75) is 52.1 Å². The smallest absolute Gasteiger partial charge is 0.315 e. The van der Waals surface area contributed by atoms with Crippen molar-refractivity contribution >= 4 is 6.03 Å². The number of nitrogens with one attached hydrogen (secondary N) is 2. The molecule has 1 aromatic carbocycles. The van der Waals surface area contributed by atoms with Crippen molar-refractivity contribution in [1.29, 1.82) is 0 Å². The Bertz CT molecular complexity index is 390. The van der Waals surface area contributed by atoms with Crippen molar-refractivity contribution in [3.05, 3.63) is 29.8 Å². The highest BCUT2D eigenvalue weighted by Gasteiger charge is 2.09. The average molecular weight is 264 g/mol. The SMILES string of the molecule is CCC(C)NC(=O)NC(C)CCc1ccc(O)cc1. The van der Waals surface area contributed by atoms with Gasteiger partial charge in [0.05, 0.1) is 0 Å². The predicted molar refractivity (Wildman–Crippen MR) is 77.3 cm³/mol. The number of aryl methyl sites for hydroxylation is 1. The second-order valence-electron chi connectivity index (χ2n) is 5.03. The van der Waals surface area contributed by atoms with Crippen LogP contribution in [0.2, 0.25) is 0 Å². The van der Waals surface area contributed by atoms with Crippen molar-refractivity contribution in [3.63, 3.8) is 0 Å².